The van der Waals surface area contributed by atoms with E-state index < -0.39 is 35.0 Å². The van der Waals surface area contributed by atoms with Crippen molar-refractivity contribution in [2.45, 2.75) is 97.1 Å². The molecule has 3 rings (SSSR count). The van der Waals surface area contributed by atoms with Crippen LogP contribution >= 0.6 is 0 Å². The molecule has 0 aromatic rings. The van der Waals surface area contributed by atoms with Gasteiger partial charge in [-0.2, -0.15) is 0 Å². The number of piperidine rings is 1. The summed E-state index contributed by atoms with van der Waals surface area (Å²) >= 11 is 0. The lowest BCUT2D eigenvalue weighted by atomic mass is 9.81. The number of carbonyl (C=O) groups excluding carboxylic acids is 4. The Labute approximate surface area is 204 Å². The van der Waals surface area contributed by atoms with Gasteiger partial charge in [0.2, 0.25) is 5.91 Å². The van der Waals surface area contributed by atoms with Gasteiger partial charge in [-0.25, -0.2) is 4.79 Å². The summed E-state index contributed by atoms with van der Waals surface area (Å²) in [6.07, 6.45) is 7.97. The molecule has 192 valence electrons. The van der Waals surface area contributed by atoms with Gasteiger partial charge in [0.15, 0.2) is 0 Å². The van der Waals surface area contributed by atoms with Crippen LogP contribution in [0.3, 0.4) is 0 Å². The Balaban J connectivity index is 1.95. The molecule has 2 aliphatic heterocycles. The largest absolute Gasteiger partial charge is 0.460 e. The summed E-state index contributed by atoms with van der Waals surface area (Å²) in [5.41, 5.74) is -1.73. The number of esters is 1. The smallest absolute Gasteiger partial charge is 0.327 e. The zero-order valence-corrected chi connectivity index (χ0v) is 21.9. The topological polar surface area (TPSA) is 87.2 Å². The second kappa shape index (κ2) is 10.2. The quantitative estimate of drug-likeness (QED) is 0.409. The molecule has 8 heteroatoms. The van der Waals surface area contributed by atoms with Crippen molar-refractivity contribution in [3.05, 3.63) is 0 Å². The van der Waals surface area contributed by atoms with Crippen LogP contribution in [-0.4, -0.2) is 76.3 Å². The monoisotopic (exact) mass is 479 g/mol. The van der Waals surface area contributed by atoms with Crippen LogP contribution in [0.4, 0.5) is 4.79 Å². The van der Waals surface area contributed by atoms with E-state index in [1.165, 1.54) is 4.90 Å². The zero-order chi connectivity index (χ0) is 25.3. The van der Waals surface area contributed by atoms with Gasteiger partial charge in [0.1, 0.15) is 11.1 Å². The number of imide groups is 1. The highest BCUT2D eigenvalue weighted by Crippen LogP contribution is 2.36. The zero-order valence-electron chi connectivity index (χ0n) is 21.9. The molecular weight excluding hydrogens is 436 g/mol. The Morgan fingerprint density at radius 1 is 1.06 bits per heavy atom. The summed E-state index contributed by atoms with van der Waals surface area (Å²) in [5.74, 6) is -2.01. The standard InChI is InChI=1S/C26H43N3O5/c1-25(2,3)34-22(31)20(17-29-23(32)26(4,5)27(6)24(29)33)19(16-18-12-8-9-13-18)21(30)28-14-10-7-11-15-28/h18-20H,7-17H2,1-6H3/t19-,20+/m1/s1/i23+2. The Morgan fingerprint density at radius 3 is 2.15 bits per heavy atom. The second-order valence-electron chi connectivity index (χ2n) is 11.8. The van der Waals surface area contributed by atoms with Crippen LogP contribution in [0, 0.1) is 17.8 Å². The van der Waals surface area contributed by atoms with Crippen molar-refractivity contribution in [2.75, 3.05) is 26.7 Å². The molecule has 2 heterocycles. The van der Waals surface area contributed by atoms with E-state index in [2.05, 4.69) is 0 Å². The van der Waals surface area contributed by atoms with Crippen LogP contribution in [0.1, 0.15) is 86.0 Å². The summed E-state index contributed by atoms with van der Waals surface area (Å²) in [7, 11) is 1.59. The first kappa shape index (κ1) is 26.5. The van der Waals surface area contributed by atoms with Crippen LogP contribution in [0.25, 0.3) is 0 Å². The molecule has 2 atom stereocenters. The minimum atomic E-state index is -0.993. The lowest BCUT2D eigenvalue weighted by Crippen LogP contribution is -2.49. The summed E-state index contributed by atoms with van der Waals surface area (Å²) in [6.45, 7) is 10.0. The minimum Gasteiger partial charge on any atom is -0.460 e. The number of carbonyl (C=O) groups is 4. The van der Waals surface area contributed by atoms with Crippen molar-refractivity contribution in [3.63, 3.8) is 0 Å². The molecule has 8 nitrogen and oxygen atoms in total. The van der Waals surface area contributed by atoms with Gasteiger partial charge in [0.25, 0.3) is 5.91 Å². The molecule has 0 spiro atoms. The van der Waals surface area contributed by atoms with Crippen LogP contribution in [0.2, 0.25) is 0 Å². The van der Waals surface area contributed by atoms with E-state index in [-0.39, 0.29) is 18.4 Å². The number of likely N-dealkylation sites (tertiary alicyclic amines) is 1. The fraction of sp³-hybridized carbons (Fsp3) is 0.846. The van der Waals surface area contributed by atoms with Crippen molar-refractivity contribution in [1.29, 1.82) is 0 Å². The van der Waals surface area contributed by atoms with E-state index in [1.54, 1.807) is 41.7 Å². The molecule has 0 unspecified atom stereocenters. The lowest BCUT2D eigenvalue weighted by Gasteiger charge is -2.36. The van der Waals surface area contributed by atoms with Gasteiger partial charge in [-0.05, 0) is 66.2 Å². The molecule has 34 heavy (non-hydrogen) atoms. The van der Waals surface area contributed by atoms with Crippen molar-refractivity contribution >= 4 is 23.8 Å². The highest BCUT2D eigenvalue weighted by atomic mass is 16.6. The number of likely N-dealkylation sites (N-methyl/N-ethyl adjacent to an activating group) is 1. The van der Waals surface area contributed by atoms with Gasteiger partial charge in [-0.1, -0.05) is 25.7 Å². The van der Waals surface area contributed by atoms with Crippen LogP contribution < -0.4 is 0 Å². The minimum absolute atomic E-state index is 0.0332. The summed E-state index contributed by atoms with van der Waals surface area (Å²) in [5, 5.41) is 0. The van der Waals surface area contributed by atoms with E-state index in [4.69, 9.17) is 4.74 Å². The molecule has 1 saturated carbocycles. The number of hydrogen-bond acceptors (Lipinski definition) is 5. The van der Waals surface area contributed by atoms with Gasteiger partial charge in [0, 0.05) is 26.7 Å². The van der Waals surface area contributed by atoms with Gasteiger partial charge >= 0.3 is 12.0 Å². The van der Waals surface area contributed by atoms with Gasteiger partial charge < -0.3 is 14.5 Å². The summed E-state index contributed by atoms with van der Waals surface area (Å²) < 4.78 is 5.77. The Bertz CT molecular complexity index is 791. The van der Waals surface area contributed by atoms with E-state index in [9.17, 15) is 19.2 Å². The maximum Gasteiger partial charge on any atom is 0.327 e. The molecule has 1 aliphatic carbocycles. The fourth-order valence-electron chi connectivity index (χ4n) is 5.47. The Kier molecular flexibility index (Phi) is 7.98. The molecule has 0 radical (unpaired) electrons. The first-order valence-electron chi connectivity index (χ1n) is 12.9. The van der Waals surface area contributed by atoms with Crippen LogP contribution in [0.15, 0.2) is 0 Å². The van der Waals surface area contributed by atoms with E-state index in [1.807, 2.05) is 4.90 Å². The Hall–Kier alpha value is -2.12. The van der Waals surface area contributed by atoms with E-state index in [0.717, 1.165) is 49.8 Å². The third kappa shape index (κ3) is 5.74. The van der Waals surface area contributed by atoms with Gasteiger partial charge in [-0.3, -0.25) is 19.3 Å². The first-order chi connectivity index (χ1) is 15.8. The maximum atomic E-state index is 13.8. The predicted octanol–water partition coefficient (Wildman–Crippen LogP) is 3.83. The average Bonchev–Trinajstić information content (AvgIpc) is 3.33. The third-order valence-corrected chi connectivity index (χ3v) is 7.75. The van der Waals surface area contributed by atoms with E-state index in [0.29, 0.717) is 25.4 Å². The molecule has 4 amide bonds. The lowest BCUT2D eigenvalue weighted by molar-refractivity contribution is -0.166. The second-order valence-corrected chi connectivity index (χ2v) is 11.8. The van der Waals surface area contributed by atoms with Crippen molar-refractivity contribution in [1.82, 2.24) is 14.7 Å². The Morgan fingerprint density at radius 2 is 1.65 bits per heavy atom. The number of hydrogen-bond donors (Lipinski definition) is 0. The molecule has 2 saturated heterocycles. The van der Waals surface area contributed by atoms with Crippen LogP contribution in [0.5, 0.6) is 0 Å². The van der Waals surface area contributed by atoms with E-state index >= 15 is 0 Å². The average molecular weight is 480 g/mol. The third-order valence-electron chi connectivity index (χ3n) is 7.75. The normalized spacial score (nSPS) is 23.4. The number of urea groups is 1. The number of ether oxygens (including phenoxy) is 1. The molecule has 3 aliphatic rings. The van der Waals surface area contributed by atoms with Gasteiger partial charge in [0.05, 0.1) is 11.8 Å². The van der Waals surface area contributed by atoms with Crippen molar-refractivity contribution < 1.29 is 23.9 Å². The summed E-state index contributed by atoms with van der Waals surface area (Å²) in [6, 6.07) is -0.436. The number of nitrogens with zero attached hydrogens (tertiary/aromatic N) is 3. The van der Waals surface area contributed by atoms with Gasteiger partial charge in [-0.15, -0.1) is 0 Å². The number of amides is 4. The molecule has 0 bridgehead atoms. The highest BCUT2D eigenvalue weighted by Gasteiger charge is 2.52. The molecule has 0 aromatic heterocycles. The molecular formula is C26H43N3O5. The molecule has 0 aromatic carbocycles. The van der Waals surface area contributed by atoms with Crippen molar-refractivity contribution in [3.8, 4) is 0 Å². The number of rotatable bonds is 7. The molecule has 0 N–H and O–H groups in total. The summed E-state index contributed by atoms with van der Waals surface area (Å²) in [4.78, 5) is 58.0. The first-order valence-corrected chi connectivity index (χ1v) is 12.9. The van der Waals surface area contributed by atoms with Crippen molar-refractivity contribution in [2.24, 2.45) is 17.8 Å². The maximum absolute atomic E-state index is 13.8. The predicted molar refractivity (Wildman–Crippen MR) is 129 cm³/mol. The fourth-order valence-corrected chi connectivity index (χ4v) is 5.47. The molecule has 3 fully saturated rings. The van der Waals surface area contributed by atoms with Crippen LogP contribution in [-0.2, 0) is 19.1 Å². The SMILES string of the molecule is CN1C(=O)N(C[C@H](C(=O)OC(C)(C)C)[C@@H](CC2CCCC2)C(=O)N2CCCCC2)[14C](=O)C1(C)C. The highest BCUT2D eigenvalue weighted by molar-refractivity contribution is 6.06.